The van der Waals surface area contributed by atoms with Crippen LogP contribution in [0.5, 0.6) is 0 Å². The number of hydrogen-bond acceptors (Lipinski definition) is 1. The van der Waals surface area contributed by atoms with Crippen molar-refractivity contribution in [3.63, 3.8) is 0 Å². The molecular weight excluding hydrogens is 229 g/mol. The average Bonchev–Trinajstić information content (AvgIpc) is 2.20. The molecule has 0 aliphatic carbocycles. The molecule has 0 fully saturated rings. The monoisotopic (exact) mass is 237 g/mol. The topological polar surface area (TPSA) is 26.0 Å². The van der Waals surface area contributed by atoms with Crippen LogP contribution in [-0.2, 0) is 0 Å². The zero-order valence-electron chi connectivity index (χ0n) is 7.87. The van der Waals surface area contributed by atoms with Gasteiger partial charge >= 0.3 is 0 Å². The molecule has 2 N–H and O–H groups in total. The van der Waals surface area contributed by atoms with Gasteiger partial charge in [-0.2, -0.15) is 0 Å². The lowest BCUT2D eigenvalue weighted by Gasteiger charge is -2.05. The molecule has 0 saturated heterocycles. The van der Waals surface area contributed by atoms with Crippen LogP contribution in [0.4, 0.5) is 5.69 Å². The molecule has 0 heterocycles. The quantitative estimate of drug-likeness (QED) is 0.738. The van der Waals surface area contributed by atoms with Gasteiger partial charge in [-0.3, -0.25) is 0 Å². The van der Waals surface area contributed by atoms with Crippen LogP contribution in [0.25, 0.3) is 11.1 Å². The number of hydrogen-bond donors (Lipinski definition) is 1. The van der Waals surface area contributed by atoms with Gasteiger partial charge in [-0.05, 0) is 29.8 Å². The first-order chi connectivity index (χ1) is 7.16. The maximum absolute atomic E-state index is 6.09. The lowest BCUT2D eigenvalue weighted by Crippen LogP contribution is -1.85. The molecule has 0 atom stereocenters. The zero-order chi connectivity index (χ0) is 10.8. The molecule has 3 heteroatoms. The Kier molecular flexibility index (Phi) is 2.85. The minimum atomic E-state index is 0.650. The lowest BCUT2D eigenvalue weighted by molar-refractivity contribution is 1.61. The molecule has 0 amide bonds. The Hall–Kier alpha value is -1.18. The van der Waals surface area contributed by atoms with Crippen LogP contribution in [0.15, 0.2) is 42.5 Å². The summed E-state index contributed by atoms with van der Waals surface area (Å²) in [5.41, 5.74) is 8.28. The molecule has 0 spiro atoms. The molecule has 15 heavy (non-hydrogen) atoms. The van der Waals surface area contributed by atoms with Gasteiger partial charge in [0.1, 0.15) is 0 Å². The maximum atomic E-state index is 6.09. The van der Waals surface area contributed by atoms with E-state index in [4.69, 9.17) is 28.9 Å². The summed E-state index contributed by atoms with van der Waals surface area (Å²) in [5.74, 6) is 0. The summed E-state index contributed by atoms with van der Waals surface area (Å²) in [6.45, 7) is 0. The van der Waals surface area contributed by atoms with Gasteiger partial charge in [-0.1, -0.05) is 41.4 Å². The van der Waals surface area contributed by atoms with Crippen molar-refractivity contribution in [1.82, 2.24) is 0 Å². The molecule has 2 aromatic rings. The smallest absolute Gasteiger partial charge is 0.0504 e. The highest BCUT2D eigenvalue weighted by atomic mass is 35.5. The Bertz CT molecular complexity index is 477. The predicted molar refractivity (Wildman–Crippen MR) is 66.3 cm³/mol. The van der Waals surface area contributed by atoms with Crippen molar-refractivity contribution in [3.8, 4) is 11.1 Å². The van der Waals surface area contributed by atoms with Crippen LogP contribution in [0, 0.1) is 0 Å². The van der Waals surface area contributed by atoms with Crippen molar-refractivity contribution in [2.24, 2.45) is 0 Å². The molecule has 0 bridgehead atoms. The second-order valence-corrected chi connectivity index (χ2v) is 4.09. The van der Waals surface area contributed by atoms with Crippen LogP contribution in [0.3, 0.4) is 0 Å². The number of benzene rings is 2. The van der Waals surface area contributed by atoms with E-state index in [-0.39, 0.29) is 0 Å². The first kappa shape index (κ1) is 10.3. The normalized spacial score (nSPS) is 10.3. The van der Waals surface area contributed by atoms with E-state index in [9.17, 15) is 0 Å². The van der Waals surface area contributed by atoms with Crippen molar-refractivity contribution in [3.05, 3.63) is 52.5 Å². The van der Waals surface area contributed by atoms with Gasteiger partial charge in [0, 0.05) is 16.3 Å². The van der Waals surface area contributed by atoms with E-state index in [1.54, 1.807) is 6.07 Å². The van der Waals surface area contributed by atoms with Gasteiger partial charge in [0.2, 0.25) is 0 Å². The molecule has 0 aliphatic rings. The first-order valence-corrected chi connectivity index (χ1v) is 5.23. The average molecular weight is 238 g/mol. The molecule has 0 radical (unpaired) electrons. The summed E-state index contributed by atoms with van der Waals surface area (Å²) < 4.78 is 0. The fourth-order valence-corrected chi connectivity index (χ4v) is 1.82. The molecule has 0 saturated carbocycles. The van der Waals surface area contributed by atoms with E-state index in [0.29, 0.717) is 15.7 Å². The summed E-state index contributed by atoms with van der Waals surface area (Å²) >= 11 is 11.9. The number of nitrogen functional groups attached to an aromatic ring is 1. The number of halogens is 2. The van der Waals surface area contributed by atoms with Crippen LogP contribution < -0.4 is 5.73 Å². The minimum absolute atomic E-state index is 0.650. The highest BCUT2D eigenvalue weighted by molar-refractivity contribution is 6.33. The van der Waals surface area contributed by atoms with Crippen molar-refractivity contribution >= 4 is 28.9 Å². The van der Waals surface area contributed by atoms with Gasteiger partial charge in [-0.25, -0.2) is 0 Å². The standard InChI is InChI=1S/C12H9Cl2N/c13-9-3-1-8(2-4-9)11-6-5-10(15)7-12(11)14/h1-7H,15H2. The Morgan fingerprint density at radius 2 is 1.53 bits per heavy atom. The van der Waals surface area contributed by atoms with Crippen LogP contribution in [-0.4, -0.2) is 0 Å². The maximum Gasteiger partial charge on any atom is 0.0504 e. The number of nitrogens with two attached hydrogens (primary N) is 1. The Labute approximate surface area is 98.4 Å². The van der Waals surface area contributed by atoms with E-state index in [1.807, 2.05) is 36.4 Å². The SMILES string of the molecule is Nc1ccc(-c2ccc(Cl)cc2)c(Cl)c1. The Morgan fingerprint density at radius 3 is 2.13 bits per heavy atom. The highest BCUT2D eigenvalue weighted by Crippen LogP contribution is 2.30. The van der Waals surface area contributed by atoms with Gasteiger partial charge < -0.3 is 5.73 Å². The van der Waals surface area contributed by atoms with Gasteiger partial charge in [-0.15, -0.1) is 0 Å². The van der Waals surface area contributed by atoms with E-state index >= 15 is 0 Å². The van der Waals surface area contributed by atoms with Crippen molar-refractivity contribution in [2.75, 3.05) is 5.73 Å². The predicted octanol–water partition coefficient (Wildman–Crippen LogP) is 4.24. The Morgan fingerprint density at radius 1 is 0.867 bits per heavy atom. The molecule has 0 aromatic heterocycles. The van der Waals surface area contributed by atoms with Gasteiger partial charge in [0.05, 0.1) is 5.02 Å². The highest BCUT2D eigenvalue weighted by Gasteiger charge is 2.03. The molecule has 2 rings (SSSR count). The van der Waals surface area contributed by atoms with E-state index in [1.165, 1.54) is 0 Å². The van der Waals surface area contributed by atoms with E-state index in [0.717, 1.165) is 11.1 Å². The second-order valence-electron chi connectivity index (χ2n) is 3.25. The number of rotatable bonds is 1. The summed E-state index contributed by atoms with van der Waals surface area (Å²) in [5, 5.41) is 1.36. The van der Waals surface area contributed by atoms with E-state index in [2.05, 4.69) is 0 Å². The molecule has 2 aromatic carbocycles. The summed E-state index contributed by atoms with van der Waals surface area (Å²) in [6.07, 6.45) is 0. The van der Waals surface area contributed by atoms with Crippen LogP contribution >= 0.6 is 23.2 Å². The fraction of sp³-hybridized carbons (Fsp3) is 0. The second kappa shape index (κ2) is 4.13. The van der Waals surface area contributed by atoms with Crippen molar-refractivity contribution in [2.45, 2.75) is 0 Å². The third-order valence-corrected chi connectivity index (χ3v) is 2.71. The van der Waals surface area contributed by atoms with Crippen molar-refractivity contribution < 1.29 is 0 Å². The lowest BCUT2D eigenvalue weighted by atomic mass is 10.1. The van der Waals surface area contributed by atoms with E-state index < -0.39 is 0 Å². The molecule has 76 valence electrons. The number of anilines is 1. The fourth-order valence-electron chi connectivity index (χ4n) is 1.39. The summed E-state index contributed by atoms with van der Waals surface area (Å²) in [7, 11) is 0. The zero-order valence-corrected chi connectivity index (χ0v) is 9.39. The largest absolute Gasteiger partial charge is 0.399 e. The molecule has 1 nitrogen and oxygen atoms in total. The molecular formula is C12H9Cl2N. The van der Waals surface area contributed by atoms with Crippen molar-refractivity contribution in [1.29, 1.82) is 0 Å². The first-order valence-electron chi connectivity index (χ1n) is 4.48. The van der Waals surface area contributed by atoms with Gasteiger partial charge in [0.15, 0.2) is 0 Å². The summed E-state index contributed by atoms with van der Waals surface area (Å²) in [6, 6.07) is 13.0. The minimum Gasteiger partial charge on any atom is -0.399 e. The Balaban J connectivity index is 2.49. The van der Waals surface area contributed by atoms with Crippen LogP contribution in [0.1, 0.15) is 0 Å². The third kappa shape index (κ3) is 2.25. The third-order valence-electron chi connectivity index (χ3n) is 2.15. The van der Waals surface area contributed by atoms with Crippen LogP contribution in [0.2, 0.25) is 10.0 Å². The summed E-state index contributed by atoms with van der Waals surface area (Å²) in [4.78, 5) is 0. The molecule has 0 aliphatic heterocycles. The van der Waals surface area contributed by atoms with Gasteiger partial charge in [0.25, 0.3) is 0 Å². The molecule has 0 unspecified atom stereocenters.